The molecule has 0 spiro atoms. The van der Waals surface area contributed by atoms with Crippen molar-refractivity contribution in [2.45, 2.75) is 13.8 Å². The number of aryl methyl sites for hydroxylation is 2. The predicted molar refractivity (Wildman–Crippen MR) is 144 cm³/mol. The Hall–Kier alpha value is -4.41. The number of anilines is 3. The summed E-state index contributed by atoms with van der Waals surface area (Å²) in [7, 11) is 5.09. The van der Waals surface area contributed by atoms with Gasteiger partial charge in [-0.1, -0.05) is 0 Å². The van der Waals surface area contributed by atoms with E-state index < -0.39 is 5.82 Å². The SMILES string of the molecule is COc1cc(N2CCN(C(C)=O)CC2)c(OC)cc1Nc1nc(C)c(F)c(-c2cnc3c(ccn3C)c2)n1. The number of hydrogen-bond donors (Lipinski definition) is 1. The standard InChI is InChI=1S/C27H30FN7O3/c1-16-24(28)25(19-12-18-6-7-33(3)26(18)29-15-19)32-27(30-16)31-20-13-23(38-5)21(14-22(20)37-4)35-10-8-34(9-11-35)17(2)36/h6-7,12-15H,8-11H2,1-5H3,(H,30,31,32). The van der Waals surface area contributed by atoms with Gasteiger partial charge < -0.3 is 29.2 Å². The second-order valence-electron chi connectivity index (χ2n) is 9.20. The Kier molecular flexibility index (Phi) is 6.75. The van der Waals surface area contributed by atoms with Gasteiger partial charge >= 0.3 is 0 Å². The molecule has 38 heavy (non-hydrogen) atoms. The predicted octanol–water partition coefficient (Wildman–Crippen LogP) is 3.91. The van der Waals surface area contributed by atoms with Crippen LogP contribution in [0.5, 0.6) is 11.5 Å². The van der Waals surface area contributed by atoms with Gasteiger partial charge in [0.25, 0.3) is 0 Å². The van der Waals surface area contributed by atoms with Crippen molar-refractivity contribution in [3.8, 4) is 22.8 Å². The first kappa shape index (κ1) is 25.2. The molecule has 1 amide bonds. The van der Waals surface area contributed by atoms with E-state index in [1.54, 1.807) is 34.3 Å². The lowest BCUT2D eigenvalue weighted by Gasteiger charge is -2.36. The average molecular weight is 520 g/mol. The fourth-order valence-electron chi connectivity index (χ4n) is 4.70. The molecule has 1 aliphatic rings. The van der Waals surface area contributed by atoms with Crippen molar-refractivity contribution in [1.82, 2.24) is 24.4 Å². The van der Waals surface area contributed by atoms with E-state index in [2.05, 4.69) is 25.2 Å². The quantitative estimate of drug-likeness (QED) is 0.410. The highest BCUT2D eigenvalue weighted by atomic mass is 19.1. The van der Waals surface area contributed by atoms with Crippen molar-refractivity contribution in [3.63, 3.8) is 0 Å². The van der Waals surface area contributed by atoms with Crippen molar-refractivity contribution >= 4 is 34.3 Å². The second-order valence-corrected chi connectivity index (χ2v) is 9.20. The second kappa shape index (κ2) is 10.2. The zero-order chi connectivity index (χ0) is 27.0. The van der Waals surface area contributed by atoms with Crippen LogP contribution in [0, 0.1) is 12.7 Å². The van der Waals surface area contributed by atoms with Gasteiger partial charge in [-0.25, -0.2) is 19.3 Å². The van der Waals surface area contributed by atoms with E-state index in [1.165, 1.54) is 0 Å². The van der Waals surface area contributed by atoms with Gasteiger partial charge in [0.1, 0.15) is 22.8 Å². The van der Waals surface area contributed by atoms with Crippen molar-refractivity contribution in [3.05, 3.63) is 48.2 Å². The molecule has 1 N–H and O–H groups in total. The monoisotopic (exact) mass is 519 g/mol. The van der Waals surface area contributed by atoms with Crippen LogP contribution in [0.4, 0.5) is 21.7 Å². The summed E-state index contributed by atoms with van der Waals surface area (Å²) in [5.74, 6) is 0.964. The summed E-state index contributed by atoms with van der Waals surface area (Å²) < 4.78 is 28.4. The lowest BCUT2D eigenvalue weighted by molar-refractivity contribution is -0.129. The topological polar surface area (TPSA) is 97.6 Å². The molecular formula is C27H30FN7O3. The highest BCUT2D eigenvalue weighted by molar-refractivity contribution is 5.82. The van der Waals surface area contributed by atoms with Crippen LogP contribution in [-0.2, 0) is 11.8 Å². The first-order valence-corrected chi connectivity index (χ1v) is 12.3. The number of methoxy groups -OCH3 is 2. The van der Waals surface area contributed by atoms with Gasteiger partial charge in [0.2, 0.25) is 11.9 Å². The van der Waals surface area contributed by atoms with Crippen LogP contribution in [0.1, 0.15) is 12.6 Å². The van der Waals surface area contributed by atoms with Crippen molar-refractivity contribution in [2.24, 2.45) is 7.05 Å². The minimum atomic E-state index is -0.503. The molecular weight excluding hydrogens is 489 g/mol. The molecule has 0 atom stereocenters. The highest BCUT2D eigenvalue weighted by Crippen LogP contribution is 2.40. The van der Waals surface area contributed by atoms with Crippen molar-refractivity contribution in [1.29, 1.82) is 0 Å². The number of rotatable bonds is 6. The van der Waals surface area contributed by atoms with E-state index in [9.17, 15) is 4.79 Å². The number of fused-ring (bicyclic) bond motifs is 1. The lowest BCUT2D eigenvalue weighted by atomic mass is 10.1. The molecule has 1 fully saturated rings. The van der Waals surface area contributed by atoms with Crippen LogP contribution in [-0.4, -0.2) is 70.7 Å². The normalized spacial score (nSPS) is 13.6. The van der Waals surface area contributed by atoms with E-state index >= 15 is 4.39 Å². The molecule has 0 radical (unpaired) electrons. The van der Waals surface area contributed by atoms with Gasteiger partial charge in [-0.3, -0.25) is 4.79 Å². The summed E-state index contributed by atoms with van der Waals surface area (Å²) >= 11 is 0. The number of carbonyl (C=O) groups excluding carboxylic acids is 1. The molecule has 198 valence electrons. The van der Waals surface area contributed by atoms with Crippen LogP contribution >= 0.6 is 0 Å². The largest absolute Gasteiger partial charge is 0.494 e. The number of benzene rings is 1. The first-order valence-electron chi connectivity index (χ1n) is 12.3. The van der Waals surface area contributed by atoms with Crippen molar-refractivity contribution < 1.29 is 18.7 Å². The number of piperazine rings is 1. The number of halogens is 1. The van der Waals surface area contributed by atoms with E-state index in [1.807, 2.05) is 47.0 Å². The molecule has 11 heteroatoms. The zero-order valence-corrected chi connectivity index (χ0v) is 22.1. The fourth-order valence-corrected chi connectivity index (χ4v) is 4.70. The molecule has 4 heterocycles. The van der Waals surface area contributed by atoms with Gasteiger partial charge in [-0.05, 0) is 19.1 Å². The Morgan fingerprint density at radius 2 is 1.79 bits per heavy atom. The van der Waals surface area contributed by atoms with Crippen LogP contribution < -0.4 is 19.7 Å². The summed E-state index contributed by atoms with van der Waals surface area (Å²) in [6.45, 7) is 5.80. The number of aromatic nitrogens is 4. The summed E-state index contributed by atoms with van der Waals surface area (Å²) in [6, 6.07) is 7.48. The molecule has 4 aromatic rings. The Morgan fingerprint density at radius 3 is 2.47 bits per heavy atom. The molecule has 1 aromatic carbocycles. The average Bonchev–Trinajstić information content (AvgIpc) is 3.30. The van der Waals surface area contributed by atoms with Gasteiger partial charge in [0.05, 0.1) is 31.3 Å². The summed E-state index contributed by atoms with van der Waals surface area (Å²) in [5, 5.41) is 4.07. The lowest BCUT2D eigenvalue weighted by Crippen LogP contribution is -2.48. The van der Waals surface area contributed by atoms with Gasteiger partial charge in [-0.15, -0.1) is 0 Å². The zero-order valence-electron chi connectivity index (χ0n) is 22.1. The molecule has 0 unspecified atom stereocenters. The van der Waals surface area contributed by atoms with E-state index in [-0.39, 0.29) is 23.2 Å². The number of amides is 1. The maximum atomic E-state index is 15.2. The number of nitrogens with one attached hydrogen (secondary N) is 1. The third-order valence-corrected chi connectivity index (χ3v) is 6.81. The molecule has 0 aliphatic carbocycles. The minimum absolute atomic E-state index is 0.0715. The van der Waals surface area contributed by atoms with Gasteiger partial charge in [0, 0.05) is 75.6 Å². The Labute approximate surface area is 220 Å². The maximum absolute atomic E-state index is 15.2. The number of nitrogens with zero attached hydrogens (tertiary/aromatic N) is 6. The number of carbonyl (C=O) groups is 1. The summed E-state index contributed by atoms with van der Waals surface area (Å²) in [4.78, 5) is 29.0. The molecule has 1 aliphatic heterocycles. The summed E-state index contributed by atoms with van der Waals surface area (Å²) in [6.07, 6.45) is 3.52. The van der Waals surface area contributed by atoms with Crippen molar-refractivity contribution in [2.75, 3.05) is 50.6 Å². The molecule has 0 saturated carbocycles. The maximum Gasteiger partial charge on any atom is 0.228 e. The number of pyridine rings is 1. The fraction of sp³-hybridized carbons (Fsp3) is 0.333. The third-order valence-electron chi connectivity index (χ3n) is 6.81. The minimum Gasteiger partial charge on any atom is -0.494 e. The Balaban J connectivity index is 1.47. The van der Waals surface area contributed by atoms with Crippen LogP contribution in [0.25, 0.3) is 22.3 Å². The number of hydrogen-bond acceptors (Lipinski definition) is 8. The number of ether oxygens (including phenoxy) is 2. The third kappa shape index (κ3) is 4.67. The van der Waals surface area contributed by atoms with Gasteiger partial charge in [-0.2, -0.15) is 0 Å². The van der Waals surface area contributed by atoms with Crippen LogP contribution in [0.2, 0.25) is 0 Å². The smallest absolute Gasteiger partial charge is 0.228 e. The van der Waals surface area contributed by atoms with Crippen LogP contribution in [0.15, 0.2) is 36.7 Å². The van der Waals surface area contributed by atoms with Gasteiger partial charge in [0.15, 0.2) is 5.82 Å². The molecule has 0 bridgehead atoms. The molecule has 5 rings (SSSR count). The van der Waals surface area contributed by atoms with E-state index in [0.717, 1.165) is 16.7 Å². The van der Waals surface area contributed by atoms with E-state index in [4.69, 9.17) is 9.47 Å². The Morgan fingerprint density at radius 1 is 1.05 bits per heavy atom. The molecule has 10 nitrogen and oxygen atoms in total. The molecule has 3 aromatic heterocycles. The van der Waals surface area contributed by atoms with Crippen LogP contribution in [0.3, 0.4) is 0 Å². The molecule has 1 saturated heterocycles. The van der Waals surface area contributed by atoms with E-state index in [0.29, 0.717) is 48.9 Å². The highest BCUT2D eigenvalue weighted by Gasteiger charge is 2.23. The first-order chi connectivity index (χ1) is 18.3. The Bertz CT molecular complexity index is 1510. The summed E-state index contributed by atoms with van der Waals surface area (Å²) in [5.41, 5.74) is 3.15.